The molecule has 0 atom stereocenters. The number of hydrogen-bond acceptors (Lipinski definition) is 1. The van der Waals surface area contributed by atoms with Crippen LogP contribution in [0.15, 0.2) is 54.6 Å². The summed E-state index contributed by atoms with van der Waals surface area (Å²) < 4.78 is 0. The van der Waals surface area contributed by atoms with Crippen molar-refractivity contribution in [3.05, 3.63) is 61.5 Å². The van der Waals surface area contributed by atoms with E-state index in [0.717, 1.165) is 19.4 Å². The predicted octanol–water partition coefficient (Wildman–Crippen LogP) is 5.02. The molecule has 19 heavy (non-hydrogen) atoms. The Balaban J connectivity index is 2.21. The second kappa shape index (κ2) is 5.31. The lowest BCUT2D eigenvalue weighted by molar-refractivity contribution is 0.889. The molecule has 0 aromatic heterocycles. The SMILES string of the molecule is [CH2]CCCNc1c2ccccc2cc2ccccc12. The van der Waals surface area contributed by atoms with Gasteiger partial charge in [-0.2, -0.15) is 0 Å². The maximum absolute atomic E-state index is 3.90. The van der Waals surface area contributed by atoms with Crippen molar-refractivity contribution in [2.24, 2.45) is 0 Å². The molecular weight excluding hydrogens is 230 g/mol. The number of benzene rings is 3. The maximum atomic E-state index is 3.90. The Labute approximate surface area is 114 Å². The van der Waals surface area contributed by atoms with E-state index in [1.807, 2.05) is 0 Å². The molecule has 0 bridgehead atoms. The number of nitrogens with one attached hydrogen (secondary N) is 1. The Morgan fingerprint density at radius 3 is 2.00 bits per heavy atom. The Morgan fingerprint density at radius 2 is 1.42 bits per heavy atom. The van der Waals surface area contributed by atoms with E-state index in [9.17, 15) is 0 Å². The molecule has 3 rings (SSSR count). The van der Waals surface area contributed by atoms with Crippen LogP contribution < -0.4 is 5.32 Å². The van der Waals surface area contributed by atoms with Crippen molar-refractivity contribution in [3.8, 4) is 0 Å². The number of anilines is 1. The van der Waals surface area contributed by atoms with Crippen LogP contribution in [0, 0.1) is 6.92 Å². The maximum Gasteiger partial charge on any atom is 0.0499 e. The lowest BCUT2D eigenvalue weighted by atomic mass is 10.0. The van der Waals surface area contributed by atoms with Crippen molar-refractivity contribution in [1.29, 1.82) is 0 Å². The molecule has 0 heterocycles. The first kappa shape index (κ1) is 12.0. The molecule has 0 saturated carbocycles. The highest BCUT2D eigenvalue weighted by Crippen LogP contribution is 2.32. The lowest BCUT2D eigenvalue weighted by Crippen LogP contribution is -2.02. The van der Waals surface area contributed by atoms with Gasteiger partial charge in [0.15, 0.2) is 0 Å². The molecule has 0 amide bonds. The number of unbranched alkanes of at least 4 members (excludes halogenated alkanes) is 1. The van der Waals surface area contributed by atoms with Crippen molar-refractivity contribution in [3.63, 3.8) is 0 Å². The minimum atomic E-state index is 0.968. The largest absolute Gasteiger partial charge is 0.384 e. The lowest BCUT2D eigenvalue weighted by Gasteiger charge is -2.13. The van der Waals surface area contributed by atoms with Crippen LogP contribution in [0.1, 0.15) is 12.8 Å². The van der Waals surface area contributed by atoms with Gasteiger partial charge in [0.1, 0.15) is 0 Å². The van der Waals surface area contributed by atoms with E-state index >= 15 is 0 Å². The summed E-state index contributed by atoms with van der Waals surface area (Å²) in [5, 5.41) is 8.76. The smallest absolute Gasteiger partial charge is 0.0499 e. The third kappa shape index (κ3) is 2.28. The fourth-order valence-corrected chi connectivity index (χ4v) is 2.54. The zero-order valence-corrected chi connectivity index (χ0v) is 11.0. The molecule has 1 nitrogen and oxygen atoms in total. The third-order valence-electron chi connectivity index (χ3n) is 3.50. The van der Waals surface area contributed by atoms with E-state index in [0.29, 0.717) is 0 Å². The number of rotatable bonds is 4. The fourth-order valence-electron chi connectivity index (χ4n) is 2.54. The zero-order valence-electron chi connectivity index (χ0n) is 11.0. The van der Waals surface area contributed by atoms with E-state index in [1.54, 1.807) is 0 Å². The summed E-state index contributed by atoms with van der Waals surface area (Å²) in [5.41, 5.74) is 1.25. The predicted molar refractivity (Wildman–Crippen MR) is 84.5 cm³/mol. The molecular formula is C18H18N. The second-order valence-corrected chi connectivity index (χ2v) is 4.83. The van der Waals surface area contributed by atoms with Gasteiger partial charge in [-0.15, -0.1) is 0 Å². The van der Waals surface area contributed by atoms with Crippen LogP contribution in [-0.4, -0.2) is 6.54 Å². The fraction of sp³-hybridized carbons (Fsp3) is 0.167. The Kier molecular flexibility index (Phi) is 3.37. The molecule has 1 N–H and O–H groups in total. The molecule has 1 radical (unpaired) electrons. The molecule has 3 aromatic carbocycles. The van der Waals surface area contributed by atoms with Gasteiger partial charge in [0.05, 0.1) is 0 Å². The van der Waals surface area contributed by atoms with Gasteiger partial charge in [0, 0.05) is 23.0 Å². The second-order valence-electron chi connectivity index (χ2n) is 4.83. The number of fused-ring (bicyclic) bond motifs is 2. The molecule has 0 fully saturated rings. The van der Waals surface area contributed by atoms with Crippen LogP contribution in [0.4, 0.5) is 5.69 Å². The first-order valence-corrected chi connectivity index (χ1v) is 6.84. The summed E-state index contributed by atoms with van der Waals surface area (Å²) in [7, 11) is 0. The molecule has 0 saturated heterocycles. The molecule has 0 spiro atoms. The van der Waals surface area contributed by atoms with Crippen LogP contribution in [0.2, 0.25) is 0 Å². The van der Waals surface area contributed by atoms with E-state index in [2.05, 4.69) is 66.8 Å². The Bertz CT molecular complexity index is 646. The minimum absolute atomic E-state index is 0.968. The topological polar surface area (TPSA) is 12.0 Å². The average Bonchev–Trinajstić information content (AvgIpc) is 2.46. The van der Waals surface area contributed by atoms with Gasteiger partial charge in [-0.1, -0.05) is 61.9 Å². The minimum Gasteiger partial charge on any atom is -0.384 e. The first-order valence-electron chi connectivity index (χ1n) is 6.84. The van der Waals surface area contributed by atoms with Gasteiger partial charge in [0.25, 0.3) is 0 Å². The average molecular weight is 248 g/mol. The highest BCUT2D eigenvalue weighted by molar-refractivity contribution is 6.10. The summed E-state index contributed by atoms with van der Waals surface area (Å²) >= 11 is 0. The van der Waals surface area contributed by atoms with Gasteiger partial charge < -0.3 is 5.32 Å². The molecule has 0 aliphatic rings. The van der Waals surface area contributed by atoms with Crippen LogP contribution in [-0.2, 0) is 0 Å². The van der Waals surface area contributed by atoms with Crippen molar-refractivity contribution in [2.75, 3.05) is 11.9 Å². The number of hydrogen-bond donors (Lipinski definition) is 1. The van der Waals surface area contributed by atoms with Crippen LogP contribution >= 0.6 is 0 Å². The highest BCUT2D eigenvalue weighted by atomic mass is 14.9. The van der Waals surface area contributed by atoms with Gasteiger partial charge in [-0.05, 0) is 23.3 Å². The first-order chi connectivity index (χ1) is 9.40. The standard InChI is InChI=1S/C18H18N/c1-2-3-12-19-18-16-10-6-4-8-14(16)13-15-9-5-7-11-17(15)18/h4-11,13,19H,1-3,12H2. The summed E-state index contributed by atoms with van der Waals surface area (Å²) in [6.07, 6.45) is 2.06. The van der Waals surface area contributed by atoms with E-state index in [1.165, 1.54) is 27.2 Å². The normalized spacial score (nSPS) is 11.0. The molecule has 1 heteroatoms. The molecule has 0 unspecified atom stereocenters. The van der Waals surface area contributed by atoms with Gasteiger partial charge in [-0.25, -0.2) is 0 Å². The highest BCUT2D eigenvalue weighted by Gasteiger charge is 2.06. The van der Waals surface area contributed by atoms with E-state index < -0.39 is 0 Å². The third-order valence-corrected chi connectivity index (χ3v) is 3.50. The van der Waals surface area contributed by atoms with Gasteiger partial charge >= 0.3 is 0 Å². The summed E-state index contributed by atoms with van der Waals surface area (Å²) in [6.45, 7) is 4.88. The zero-order chi connectivity index (χ0) is 13.1. The molecule has 95 valence electrons. The van der Waals surface area contributed by atoms with Crippen LogP contribution in [0.5, 0.6) is 0 Å². The molecule has 3 aromatic rings. The Hall–Kier alpha value is -2.02. The van der Waals surface area contributed by atoms with E-state index in [4.69, 9.17) is 0 Å². The van der Waals surface area contributed by atoms with E-state index in [-0.39, 0.29) is 0 Å². The summed E-state index contributed by atoms with van der Waals surface area (Å²) in [4.78, 5) is 0. The Morgan fingerprint density at radius 1 is 0.842 bits per heavy atom. The van der Waals surface area contributed by atoms with Crippen molar-refractivity contribution < 1.29 is 0 Å². The molecule has 0 aliphatic carbocycles. The van der Waals surface area contributed by atoms with Crippen LogP contribution in [0.3, 0.4) is 0 Å². The summed E-state index contributed by atoms with van der Waals surface area (Å²) in [6, 6.07) is 19.4. The quantitative estimate of drug-likeness (QED) is 0.505. The van der Waals surface area contributed by atoms with Crippen molar-refractivity contribution >= 4 is 27.2 Å². The van der Waals surface area contributed by atoms with Crippen LogP contribution in [0.25, 0.3) is 21.5 Å². The van der Waals surface area contributed by atoms with Gasteiger partial charge in [0.2, 0.25) is 0 Å². The molecule has 0 aliphatic heterocycles. The summed E-state index contributed by atoms with van der Waals surface area (Å²) in [5.74, 6) is 0. The van der Waals surface area contributed by atoms with Gasteiger partial charge in [-0.3, -0.25) is 0 Å². The van der Waals surface area contributed by atoms with Crippen molar-refractivity contribution in [2.45, 2.75) is 12.8 Å². The van der Waals surface area contributed by atoms with Crippen molar-refractivity contribution in [1.82, 2.24) is 0 Å². The monoisotopic (exact) mass is 248 g/mol.